The molecule has 4 heteroatoms. The van der Waals surface area contributed by atoms with Crippen LogP contribution in [0.5, 0.6) is 0 Å². The Hall–Kier alpha value is -1.03. The highest BCUT2D eigenvalue weighted by atomic mass is 19.4. The van der Waals surface area contributed by atoms with E-state index in [0.29, 0.717) is 6.04 Å². The van der Waals surface area contributed by atoms with Gasteiger partial charge in [-0.05, 0) is 37.0 Å². The van der Waals surface area contributed by atoms with Gasteiger partial charge in [0.25, 0.3) is 0 Å². The maximum absolute atomic E-state index is 12.5. The maximum Gasteiger partial charge on any atom is 0.416 e. The highest BCUT2D eigenvalue weighted by Gasteiger charge is 2.30. The number of nitrogens with one attached hydrogen (secondary N) is 1. The van der Waals surface area contributed by atoms with Gasteiger partial charge in [0, 0.05) is 12.1 Å². The van der Waals surface area contributed by atoms with Crippen molar-refractivity contribution < 1.29 is 13.2 Å². The largest absolute Gasteiger partial charge is 0.416 e. The molecule has 18 heavy (non-hydrogen) atoms. The van der Waals surface area contributed by atoms with Crippen molar-refractivity contribution in [1.29, 1.82) is 0 Å². The predicted octanol–water partition coefficient (Wildman–Crippen LogP) is 4.30. The Kier molecular flexibility index (Phi) is 3.95. The van der Waals surface area contributed by atoms with Crippen LogP contribution in [0, 0.1) is 0 Å². The van der Waals surface area contributed by atoms with Gasteiger partial charge in [-0.25, -0.2) is 0 Å². The SMILES string of the molecule is CCC(NC1CCC1)c1ccc(C(F)(F)F)cc1. The van der Waals surface area contributed by atoms with Crippen LogP contribution >= 0.6 is 0 Å². The molecular formula is C14H18F3N. The molecular weight excluding hydrogens is 239 g/mol. The molecule has 1 fully saturated rings. The van der Waals surface area contributed by atoms with Crippen molar-refractivity contribution in [3.63, 3.8) is 0 Å². The lowest BCUT2D eigenvalue weighted by Crippen LogP contribution is -2.37. The van der Waals surface area contributed by atoms with Gasteiger partial charge >= 0.3 is 6.18 Å². The first-order valence-corrected chi connectivity index (χ1v) is 6.44. The lowest BCUT2D eigenvalue weighted by Gasteiger charge is -2.31. The van der Waals surface area contributed by atoms with Gasteiger partial charge in [0.2, 0.25) is 0 Å². The first-order valence-electron chi connectivity index (χ1n) is 6.44. The zero-order chi connectivity index (χ0) is 13.2. The van der Waals surface area contributed by atoms with Gasteiger partial charge in [-0.3, -0.25) is 0 Å². The summed E-state index contributed by atoms with van der Waals surface area (Å²) >= 11 is 0. The lowest BCUT2D eigenvalue weighted by molar-refractivity contribution is -0.137. The Labute approximate surface area is 105 Å². The van der Waals surface area contributed by atoms with Crippen molar-refractivity contribution in [2.75, 3.05) is 0 Å². The molecule has 0 aromatic heterocycles. The van der Waals surface area contributed by atoms with E-state index in [4.69, 9.17) is 0 Å². The molecule has 0 bridgehead atoms. The molecule has 1 nitrogen and oxygen atoms in total. The van der Waals surface area contributed by atoms with Gasteiger partial charge in [0.15, 0.2) is 0 Å². The fourth-order valence-corrected chi connectivity index (χ4v) is 2.21. The molecule has 1 aromatic carbocycles. The average molecular weight is 257 g/mol. The molecule has 0 spiro atoms. The van der Waals surface area contributed by atoms with Crippen LogP contribution in [0.15, 0.2) is 24.3 Å². The Bertz CT molecular complexity index is 379. The van der Waals surface area contributed by atoms with Gasteiger partial charge in [0.1, 0.15) is 0 Å². The van der Waals surface area contributed by atoms with Crippen LogP contribution in [-0.4, -0.2) is 6.04 Å². The Balaban J connectivity index is 2.06. The van der Waals surface area contributed by atoms with Crippen LogP contribution in [0.4, 0.5) is 13.2 Å². The minimum absolute atomic E-state index is 0.164. The topological polar surface area (TPSA) is 12.0 Å². The number of rotatable bonds is 4. The van der Waals surface area contributed by atoms with Gasteiger partial charge in [-0.2, -0.15) is 13.2 Å². The molecule has 1 saturated carbocycles. The van der Waals surface area contributed by atoms with Crippen LogP contribution in [0.25, 0.3) is 0 Å². The third kappa shape index (κ3) is 3.05. The molecule has 0 amide bonds. The summed E-state index contributed by atoms with van der Waals surface area (Å²) in [5, 5.41) is 3.50. The summed E-state index contributed by atoms with van der Waals surface area (Å²) in [6.45, 7) is 2.05. The van der Waals surface area contributed by atoms with Crippen LogP contribution in [-0.2, 0) is 6.18 Å². The van der Waals surface area contributed by atoms with E-state index >= 15 is 0 Å². The summed E-state index contributed by atoms with van der Waals surface area (Å²) in [6.07, 6.45) is 0.249. The van der Waals surface area contributed by atoms with Crippen LogP contribution in [0.2, 0.25) is 0 Å². The zero-order valence-corrected chi connectivity index (χ0v) is 10.4. The number of halogens is 3. The standard InChI is InChI=1S/C14H18F3N/c1-2-13(18-12-4-3-5-12)10-6-8-11(9-7-10)14(15,16)17/h6-9,12-13,18H,2-5H2,1H3. The minimum Gasteiger partial charge on any atom is -0.307 e. The Morgan fingerprint density at radius 2 is 1.83 bits per heavy atom. The maximum atomic E-state index is 12.5. The van der Waals surface area contributed by atoms with E-state index in [-0.39, 0.29) is 6.04 Å². The van der Waals surface area contributed by atoms with Gasteiger partial charge in [-0.1, -0.05) is 25.5 Å². The minimum atomic E-state index is -4.25. The fourth-order valence-electron chi connectivity index (χ4n) is 2.21. The zero-order valence-electron chi connectivity index (χ0n) is 10.4. The molecule has 0 radical (unpaired) electrons. The van der Waals surface area contributed by atoms with Crippen molar-refractivity contribution >= 4 is 0 Å². The molecule has 0 saturated heterocycles. The molecule has 1 unspecified atom stereocenters. The second kappa shape index (κ2) is 5.31. The highest BCUT2D eigenvalue weighted by Crippen LogP contribution is 2.31. The summed E-state index contributed by atoms with van der Waals surface area (Å²) in [5.41, 5.74) is 0.363. The summed E-state index contributed by atoms with van der Waals surface area (Å²) in [4.78, 5) is 0. The molecule has 2 rings (SSSR count). The number of alkyl halides is 3. The van der Waals surface area contributed by atoms with Crippen LogP contribution in [0.3, 0.4) is 0 Å². The van der Waals surface area contributed by atoms with Crippen LogP contribution < -0.4 is 5.32 Å². The number of benzene rings is 1. The summed E-state index contributed by atoms with van der Waals surface area (Å²) in [7, 11) is 0. The van der Waals surface area contributed by atoms with E-state index in [1.165, 1.54) is 31.4 Å². The van der Waals surface area contributed by atoms with E-state index < -0.39 is 11.7 Å². The summed E-state index contributed by atoms with van der Waals surface area (Å²) in [6, 6.07) is 6.21. The molecule has 1 aromatic rings. The molecule has 0 heterocycles. The van der Waals surface area contributed by atoms with Crippen molar-refractivity contribution in [1.82, 2.24) is 5.32 Å². The van der Waals surface area contributed by atoms with Gasteiger partial charge < -0.3 is 5.32 Å². The summed E-state index contributed by atoms with van der Waals surface area (Å²) < 4.78 is 37.4. The lowest BCUT2D eigenvalue weighted by atomic mass is 9.91. The molecule has 100 valence electrons. The van der Waals surface area contributed by atoms with E-state index in [9.17, 15) is 13.2 Å². The number of hydrogen-bond acceptors (Lipinski definition) is 1. The normalized spacial score (nSPS) is 18.4. The Morgan fingerprint density at radius 1 is 1.22 bits per heavy atom. The molecule has 1 atom stereocenters. The molecule has 1 aliphatic rings. The fraction of sp³-hybridized carbons (Fsp3) is 0.571. The quantitative estimate of drug-likeness (QED) is 0.848. The van der Waals surface area contributed by atoms with Gasteiger partial charge in [-0.15, -0.1) is 0 Å². The van der Waals surface area contributed by atoms with Crippen molar-refractivity contribution in [2.45, 2.75) is 50.9 Å². The predicted molar refractivity (Wildman–Crippen MR) is 65.3 cm³/mol. The second-order valence-corrected chi connectivity index (χ2v) is 4.88. The van der Waals surface area contributed by atoms with Crippen molar-refractivity contribution in [3.8, 4) is 0 Å². The second-order valence-electron chi connectivity index (χ2n) is 4.88. The van der Waals surface area contributed by atoms with Crippen molar-refractivity contribution in [3.05, 3.63) is 35.4 Å². The highest BCUT2D eigenvalue weighted by molar-refractivity contribution is 5.26. The third-order valence-corrected chi connectivity index (χ3v) is 3.59. The van der Waals surface area contributed by atoms with Gasteiger partial charge in [0.05, 0.1) is 5.56 Å². The van der Waals surface area contributed by atoms with E-state index in [1.54, 1.807) is 12.1 Å². The molecule has 1 N–H and O–H groups in total. The number of hydrogen-bond donors (Lipinski definition) is 1. The molecule has 1 aliphatic carbocycles. The monoisotopic (exact) mass is 257 g/mol. The average Bonchev–Trinajstić information content (AvgIpc) is 2.27. The Morgan fingerprint density at radius 3 is 2.22 bits per heavy atom. The van der Waals surface area contributed by atoms with Crippen LogP contribution in [0.1, 0.15) is 49.8 Å². The van der Waals surface area contributed by atoms with E-state index in [0.717, 1.165) is 12.0 Å². The third-order valence-electron chi connectivity index (χ3n) is 3.59. The first-order chi connectivity index (χ1) is 8.50. The summed E-state index contributed by atoms with van der Waals surface area (Å²) in [5.74, 6) is 0. The molecule has 0 aliphatic heterocycles. The van der Waals surface area contributed by atoms with Crippen molar-refractivity contribution in [2.24, 2.45) is 0 Å². The van der Waals surface area contributed by atoms with E-state index in [2.05, 4.69) is 5.32 Å². The smallest absolute Gasteiger partial charge is 0.307 e. The first kappa shape index (κ1) is 13.4. The van der Waals surface area contributed by atoms with E-state index in [1.807, 2.05) is 6.92 Å².